The molecule has 115 heavy (non-hydrogen) atoms. The molecule has 0 saturated heterocycles. The van der Waals surface area contributed by atoms with Crippen LogP contribution in [-0.2, 0) is 5.41 Å². The van der Waals surface area contributed by atoms with E-state index in [1.807, 2.05) is 0 Å². The second-order valence-electron chi connectivity index (χ2n) is 30.4. The molecule has 20 rings (SSSR count). The van der Waals surface area contributed by atoms with Crippen LogP contribution < -0.4 is 14.7 Å². The van der Waals surface area contributed by atoms with E-state index in [-0.39, 0.29) is 5.41 Å². The van der Waals surface area contributed by atoms with Crippen molar-refractivity contribution in [1.82, 2.24) is 4.57 Å². The number of hydrogen-bond donors (Lipinski definition) is 0. The first-order valence-electron chi connectivity index (χ1n) is 39.7. The van der Waals surface area contributed by atoms with Crippen LogP contribution in [0.15, 0.2) is 449 Å². The first-order chi connectivity index (χ1) is 56.8. The van der Waals surface area contributed by atoms with Crippen LogP contribution in [0.25, 0.3) is 128 Å². The average molecular weight is 1470 g/mol. The maximum atomic E-state index is 2.45. The van der Waals surface area contributed by atoms with E-state index < -0.39 is 0 Å². The molecule has 1 heterocycles. The minimum atomic E-state index is -0.341. The first kappa shape index (κ1) is 69.4. The third kappa shape index (κ3) is 13.2. The summed E-state index contributed by atoms with van der Waals surface area (Å²) in [5.74, 6) is 0. The highest BCUT2D eigenvalue weighted by molar-refractivity contribution is 6.10. The Hall–Kier alpha value is -14.8. The van der Waals surface area contributed by atoms with Gasteiger partial charge >= 0.3 is 0 Å². The molecule has 544 valence electrons. The lowest BCUT2D eigenvalue weighted by Gasteiger charge is -2.29. The van der Waals surface area contributed by atoms with E-state index in [1.54, 1.807) is 0 Å². The van der Waals surface area contributed by atoms with Gasteiger partial charge in [-0.25, -0.2) is 0 Å². The molecular weight excluding hydrogens is 1390 g/mol. The van der Waals surface area contributed by atoms with Gasteiger partial charge in [0.05, 0.1) is 11.0 Å². The molecule has 4 nitrogen and oxygen atoms in total. The summed E-state index contributed by atoms with van der Waals surface area (Å²) >= 11 is 0. The van der Waals surface area contributed by atoms with Crippen LogP contribution in [0.4, 0.5) is 51.2 Å². The van der Waals surface area contributed by atoms with Crippen molar-refractivity contribution in [2.45, 2.75) is 19.3 Å². The molecule has 0 aliphatic heterocycles. The van der Waals surface area contributed by atoms with Crippen LogP contribution in [0.5, 0.6) is 0 Å². The van der Waals surface area contributed by atoms with Crippen molar-refractivity contribution in [3.05, 3.63) is 460 Å². The number of aromatic nitrogens is 1. The molecule has 1 aliphatic rings. The number of benzene rings is 18. The number of anilines is 9. The van der Waals surface area contributed by atoms with Gasteiger partial charge in [-0.3, -0.25) is 0 Å². The fourth-order valence-corrected chi connectivity index (χ4v) is 17.4. The van der Waals surface area contributed by atoms with Gasteiger partial charge in [0.1, 0.15) is 0 Å². The van der Waals surface area contributed by atoms with Crippen molar-refractivity contribution in [2.75, 3.05) is 14.7 Å². The second-order valence-corrected chi connectivity index (χ2v) is 30.4. The molecule has 0 amide bonds. The largest absolute Gasteiger partial charge is 0.311 e. The molecule has 0 spiro atoms. The Bertz CT molecular complexity index is 6600. The van der Waals surface area contributed by atoms with Crippen molar-refractivity contribution in [3.8, 4) is 106 Å². The molecule has 0 bridgehead atoms. The zero-order valence-electron chi connectivity index (χ0n) is 64.0. The van der Waals surface area contributed by atoms with Crippen LogP contribution in [0, 0.1) is 0 Å². The summed E-state index contributed by atoms with van der Waals surface area (Å²) in [6, 6.07) is 164. The molecule has 0 unspecified atom stereocenters. The minimum Gasteiger partial charge on any atom is -0.311 e. The van der Waals surface area contributed by atoms with E-state index in [9.17, 15) is 0 Å². The summed E-state index contributed by atoms with van der Waals surface area (Å²) in [7, 11) is 0. The zero-order chi connectivity index (χ0) is 76.8. The van der Waals surface area contributed by atoms with E-state index in [0.29, 0.717) is 0 Å². The highest BCUT2D eigenvalue weighted by atomic mass is 15.2. The Balaban J connectivity index is 0.594. The lowest BCUT2D eigenvalue weighted by molar-refractivity contribution is 0.662. The van der Waals surface area contributed by atoms with E-state index in [1.165, 1.54) is 111 Å². The maximum absolute atomic E-state index is 2.45. The highest BCUT2D eigenvalue weighted by Gasteiger charge is 2.38. The Kier molecular flexibility index (Phi) is 18.0. The van der Waals surface area contributed by atoms with E-state index in [2.05, 4.69) is 482 Å². The predicted octanol–water partition coefficient (Wildman–Crippen LogP) is 30.8. The number of para-hydroxylation sites is 2. The SMILES string of the molecule is CC1(C)c2cc(N(c3ccc(-c4ccccc4)cc3)c3ccc(-c4ccc5c(c4)c4ccccc4n5-c4ccccc4)cc3)ccc2-c2cccc(-c3cccc(-c4ccc(N(c5ccc(-c6ccccc6)cc5)c5ccc(-c6ccc(N(c7ccc(-c8ccccc8)cc7)c7ccc(-c8ccccc8)cc7)cc6)cc5)cc4)c3)c21. The Morgan fingerprint density at radius 1 is 0.183 bits per heavy atom. The number of fused-ring (bicyclic) bond motifs is 6. The van der Waals surface area contributed by atoms with Gasteiger partial charge in [0.15, 0.2) is 0 Å². The van der Waals surface area contributed by atoms with E-state index in [0.717, 1.165) is 79.1 Å². The van der Waals surface area contributed by atoms with Gasteiger partial charge in [0, 0.05) is 73.1 Å². The normalized spacial score (nSPS) is 12.0. The van der Waals surface area contributed by atoms with Gasteiger partial charge in [-0.1, -0.05) is 317 Å². The molecule has 1 aliphatic carbocycles. The first-order valence-corrected chi connectivity index (χ1v) is 39.7. The van der Waals surface area contributed by atoms with E-state index >= 15 is 0 Å². The fraction of sp³-hybridized carbons (Fsp3) is 0.0270. The summed E-state index contributed by atoms with van der Waals surface area (Å²) in [6.45, 7) is 4.83. The van der Waals surface area contributed by atoms with Gasteiger partial charge in [0.2, 0.25) is 0 Å². The third-order valence-electron chi connectivity index (χ3n) is 23.2. The predicted molar refractivity (Wildman–Crippen MR) is 486 cm³/mol. The molecule has 0 saturated carbocycles. The van der Waals surface area contributed by atoms with Gasteiger partial charge in [-0.05, 0) is 257 Å². The zero-order valence-corrected chi connectivity index (χ0v) is 64.0. The fourth-order valence-electron chi connectivity index (χ4n) is 17.4. The van der Waals surface area contributed by atoms with Crippen LogP contribution in [-0.4, -0.2) is 4.57 Å². The van der Waals surface area contributed by atoms with Gasteiger partial charge in [0.25, 0.3) is 0 Å². The molecule has 4 heteroatoms. The quantitative estimate of drug-likeness (QED) is 0.0851. The van der Waals surface area contributed by atoms with Crippen LogP contribution in [0.1, 0.15) is 25.0 Å². The van der Waals surface area contributed by atoms with Gasteiger partial charge in [-0.15, -0.1) is 0 Å². The van der Waals surface area contributed by atoms with Crippen LogP contribution in [0.3, 0.4) is 0 Å². The molecular formula is C111H80N4. The standard InChI is InChI=1S/C111H80N4/c1-111(2)107-76-101(114(99-65-44-84(45-66-99)80-28-14-6-15-29-80)100-69-52-88(53-70-100)90-54-73-109-106(75-90)104-34-18-19-37-108(104)115(109)92-32-16-7-17-33-92)71-72-103(107)105-36-21-35-102(110(105)111)91-31-20-30-89(74-91)87-50-67-98(68-51-87)113(95-59-42-83(43-60-95)79-26-12-5-13-27-79)97-63-48-86(49-64-97)85-46-61-96(62-47-85)112(93-55-38-81(39-56-93)77-22-8-3-9-23-77)94-57-40-82(41-58-94)78-24-10-4-11-25-78/h3-76H,1-2H3. The minimum absolute atomic E-state index is 0.341. The Morgan fingerprint density at radius 3 is 0.861 bits per heavy atom. The van der Waals surface area contributed by atoms with E-state index in [4.69, 9.17) is 0 Å². The molecule has 18 aromatic carbocycles. The Labute approximate surface area is 672 Å². The van der Waals surface area contributed by atoms with Gasteiger partial charge in [-0.2, -0.15) is 0 Å². The molecule has 0 N–H and O–H groups in total. The van der Waals surface area contributed by atoms with Crippen LogP contribution >= 0.6 is 0 Å². The average Bonchev–Trinajstić information content (AvgIpc) is 1.57. The number of rotatable bonds is 18. The molecule has 0 atom stereocenters. The van der Waals surface area contributed by atoms with Crippen molar-refractivity contribution in [2.24, 2.45) is 0 Å². The van der Waals surface area contributed by atoms with Gasteiger partial charge < -0.3 is 19.3 Å². The molecule has 0 radical (unpaired) electrons. The topological polar surface area (TPSA) is 14.7 Å². The lowest BCUT2D eigenvalue weighted by Crippen LogP contribution is -2.17. The third-order valence-corrected chi connectivity index (χ3v) is 23.2. The summed E-state index contributed by atoms with van der Waals surface area (Å²) in [4.78, 5) is 7.14. The number of nitrogens with zero attached hydrogens (tertiary/aromatic N) is 4. The Morgan fingerprint density at radius 2 is 0.461 bits per heavy atom. The van der Waals surface area contributed by atoms with Crippen molar-refractivity contribution in [3.63, 3.8) is 0 Å². The van der Waals surface area contributed by atoms with Crippen molar-refractivity contribution < 1.29 is 0 Å². The van der Waals surface area contributed by atoms with Crippen molar-refractivity contribution >= 4 is 73.0 Å². The summed E-state index contributed by atoms with van der Waals surface area (Å²) in [5, 5.41) is 2.48. The summed E-state index contributed by atoms with van der Waals surface area (Å²) in [5.41, 5.74) is 37.0. The summed E-state index contributed by atoms with van der Waals surface area (Å²) < 4.78 is 2.38. The highest BCUT2D eigenvalue weighted by Crippen LogP contribution is 2.55. The molecule has 1 aromatic heterocycles. The molecule has 19 aromatic rings. The molecule has 0 fully saturated rings. The van der Waals surface area contributed by atoms with Crippen molar-refractivity contribution in [1.29, 1.82) is 0 Å². The van der Waals surface area contributed by atoms with Crippen LogP contribution in [0.2, 0.25) is 0 Å². The maximum Gasteiger partial charge on any atom is 0.0541 e. The number of hydrogen-bond acceptors (Lipinski definition) is 3. The monoisotopic (exact) mass is 1470 g/mol. The lowest BCUT2D eigenvalue weighted by atomic mass is 9.78. The second kappa shape index (κ2) is 29.8. The smallest absolute Gasteiger partial charge is 0.0541 e. The summed E-state index contributed by atoms with van der Waals surface area (Å²) in [6.07, 6.45) is 0.